The number of ether oxygens (including phenoxy) is 1. The van der Waals surface area contributed by atoms with E-state index in [2.05, 4.69) is 15.1 Å². The number of halogens is 1. The molecule has 1 aromatic carbocycles. The van der Waals surface area contributed by atoms with Crippen molar-refractivity contribution < 1.29 is 9.53 Å². The zero-order chi connectivity index (χ0) is 16.5. The van der Waals surface area contributed by atoms with Crippen LogP contribution in [-0.2, 0) is 11.3 Å². The Bertz CT molecular complexity index is 1060. The Morgan fingerprint density at radius 2 is 2.12 bits per heavy atom. The topological polar surface area (TPSA) is 69.4 Å². The van der Waals surface area contributed by atoms with Crippen molar-refractivity contribution in [2.24, 2.45) is 0 Å². The van der Waals surface area contributed by atoms with Gasteiger partial charge in [0.05, 0.1) is 11.7 Å². The highest BCUT2D eigenvalue weighted by atomic mass is 35.5. The molecule has 3 heterocycles. The lowest BCUT2D eigenvalue weighted by molar-refractivity contribution is 0.0475. The second-order valence-electron chi connectivity index (χ2n) is 5.15. The normalized spacial score (nSPS) is 11.0. The molecule has 0 radical (unpaired) electrons. The smallest absolute Gasteiger partial charge is 0.343 e. The second-order valence-corrected chi connectivity index (χ2v) is 5.51. The third-order valence-corrected chi connectivity index (χ3v) is 3.94. The number of hydrogen-bond acceptors (Lipinski definition) is 5. The molecule has 0 aliphatic rings. The van der Waals surface area contributed by atoms with Crippen molar-refractivity contribution in [3.63, 3.8) is 0 Å². The summed E-state index contributed by atoms with van der Waals surface area (Å²) in [6.07, 6.45) is 4.74. The number of benzene rings is 1. The van der Waals surface area contributed by atoms with Gasteiger partial charge in [-0.1, -0.05) is 29.8 Å². The van der Waals surface area contributed by atoms with Crippen molar-refractivity contribution in [1.82, 2.24) is 19.6 Å². The summed E-state index contributed by atoms with van der Waals surface area (Å²) in [5.74, 6) is -0.507. The maximum Gasteiger partial charge on any atom is 0.343 e. The van der Waals surface area contributed by atoms with Crippen molar-refractivity contribution in [3.05, 3.63) is 71.3 Å². The molecule has 118 valence electrons. The minimum absolute atomic E-state index is 0.0275. The summed E-state index contributed by atoms with van der Waals surface area (Å²) in [5.41, 5.74) is 2.20. The molecule has 6 nitrogen and oxygen atoms in total. The summed E-state index contributed by atoms with van der Waals surface area (Å²) in [6.45, 7) is 0.0275. The lowest BCUT2D eigenvalue weighted by atomic mass is 10.2. The molecule has 0 atom stereocenters. The van der Waals surface area contributed by atoms with Crippen molar-refractivity contribution >= 4 is 34.1 Å². The molecule has 0 bridgehead atoms. The van der Waals surface area contributed by atoms with Crippen LogP contribution in [0, 0.1) is 0 Å². The molecule has 0 saturated carbocycles. The zero-order valence-corrected chi connectivity index (χ0v) is 13.1. The fourth-order valence-electron chi connectivity index (χ4n) is 2.43. The number of carbonyl (C=O) groups excluding carboxylic acids is 1. The van der Waals surface area contributed by atoms with Gasteiger partial charge in [0.2, 0.25) is 0 Å². The van der Waals surface area contributed by atoms with Crippen LogP contribution in [0.1, 0.15) is 15.9 Å². The monoisotopic (exact) mass is 338 g/mol. The molecular formula is C17H11ClN4O2. The van der Waals surface area contributed by atoms with E-state index in [0.29, 0.717) is 21.9 Å². The van der Waals surface area contributed by atoms with Gasteiger partial charge in [-0.2, -0.15) is 5.10 Å². The number of rotatable bonds is 3. The molecule has 4 aromatic rings. The third kappa shape index (κ3) is 2.57. The molecule has 7 heteroatoms. The van der Waals surface area contributed by atoms with Gasteiger partial charge in [0.1, 0.15) is 17.3 Å². The van der Waals surface area contributed by atoms with Gasteiger partial charge in [-0.05, 0) is 18.2 Å². The highest BCUT2D eigenvalue weighted by Crippen LogP contribution is 2.21. The van der Waals surface area contributed by atoms with E-state index in [-0.39, 0.29) is 6.61 Å². The molecule has 24 heavy (non-hydrogen) atoms. The molecule has 4 rings (SSSR count). The number of nitrogens with zero attached hydrogens (tertiary/aromatic N) is 4. The molecule has 0 N–H and O–H groups in total. The van der Waals surface area contributed by atoms with E-state index in [9.17, 15) is 4.79 Å². The fourth-order valence-corrected chi connectivity index (χ4v) is 2.63. The molecule has 0 spiro atoms. The van der Waals surface area contributed by atoms with E-state index >= 15 is 0 Å². The first-order chi connectivity index (χ1) is 11.7. The van der Waals surface area contributed by atoms with Gasteiger partial charge >= 0.3 is 5.97 Å². The van der Waals surface area contributed by atoms with Gasteiger partial charge in [0.15, 0.2) is 5.65 Å². The van der Waals surface area contributed by atoms with E-state index < -0.39 is 5.97 Å². The predicted octanol–water partition coefficient (Wildman–Crippen LogP) is 3.29. The molecule has 0 fully saturated rings. The van der Waals surface area contributed by atoms with Crippen LogP contribution in [0.4, 0.5) is 0 Å². The van der Waals surface area contributed by atoms with Crippen LogP contribution in [0.25, 0.3) is 16.6 Å². The van der Waals surface area contributed by atoms with Crippen LogP contribution in [-0.4, -0.2) is 25.6 Å². The van der Waals surface area contributed by atoms with E-state index in [4.69, 9.17) is 16.3 Å². The number of para-hydroxylation sites is 1. The first kappa shape index (κ1) is 14.6. The second kappa shape index (κ2) is 5.90. The quantitative estimate of drug-likeness (QED) is 0.423. The van der Waals surface area contributed by atoms with E-state index in [0.717, 1.165) is 10.9 Å². The van der Waals surface area contributed by atoms with Gasteiger partial charge in [-0.15, -0.1) is 0 Å². The van der Waals surface area contributed by atoms with E-state index in [1.165, 1.54) is 10.7 Å². The third-order valence-electron chi connectivity index (χ3n) is 3.61. The van der Waals surface area contributed by atoms with Crippen LogP contribution >= 0.6 is 11.6 Å². The van der Waals surface area contributed by atoms with Crippen LogP contribution in [0.15, 0.2) is 55.0 Å². The summed E-state index contributed by atoms with van der Waals surface area (Å²) >= 11 is 6.18. The van der Waals surface area contributed by atoms with Gasteiger partial charge in [-0.25, -0.2) is 19.3 Å². The Kier molecular flexibility index (Phi) is 3.59. The Morgan fingerprint density at radius 3 is 3.04 bits per heavy atom. The number of carbonyl (C=O) groups is 1. The van der Waals surface area contributed by atoms with Crippen molar-refractivity contribution in [3.8, 4) is 0 Å². The lowest BCUT2D eigenvalue weighted by Gasteiger charge is -2.07. The Labute approximate surface area is 141 Å². The molecule has 0 aliphatic heterocycles. The summed E-state index contributed by atoms with van der Waals surface area (Å²) in [5, 5.41) is 5.32. The molecule has 0 saturated heterocycles. The molecule has 3 aromatic heterocycles. The number of hydrogen-bond donors (Lipinski definition) is 0. The standard InChI is InChI=1S/C17H11ClN4O2/c18-15-12(8-11-4-1-2-5-14(11)21-15)10-24-17(23)13-9-20-22-7-3-6-19-16(13)22/h1-9H,10H2. The summed E-state index contributed by atoms with van der Waals surface area (Å²) in [4.78, 5) is 20.7. The minimum atomic E-state index is -0.507. The molecule has 0 unspecified atom stereocenters. The zero-order valence-electron chi connectivity index (χ0n) is 12.4. The Morgan fingerprint density at radius 1 is 1.25 bits per heavy atom. The summed E-state index contributed by atoms with van der Waals surface area (Å²) in [6, 6.07) is 11.2. The summed E-state index contributed by atoms with van der Waals surface area (Å²) < 4.78 is 6.87. The molecular weight excluding hydrogens is 328 g/mol. The number of pyridine rings is 1. The Balaban J connectivity index is 1.58. The van der Waals surface area contributed by atoms with Gasteiger partial charge in [-0.3, -0.25) is 0 Å². The Hall–Kier alpha value is -2.99. The molecule has 0 aliphatic carbocycles. The SMILES string of the molecule is O=C(OCc1cc2ccccc2nc1Cl)c1cnn2cccnc12. The van der Waals surface area contributed by atoms with Gasteiger partial charge in [0, 0.05) is 23.3 Å². The van der Waals surface area contributed by atoms with Crippen LogP contribution in [0.5, 0.6) is 0 Å². The number of aromatic nitrogens is 4. The predicted molar refractivity (Wildman–Crippen MR) is 88.9 cm³/mol. The number of fused-ring (bicyclic) bond motifs is 2. The van der Waals surface area contributed by atoms with Gasteiger partial charge < -0.3 is 4.74 Å². The molecule has 0 amide bonds. The number of esters is 1. The van der Waals surface area contributed by atoms with Gasteiger partial charge in [0.25, 0.3) is 0 Å². The van der Waals surface area contributed by atoms with Crippen LogP contribution in [0.3, 0.4) is 0 Å². The first-order valence-electron chi connectivity index (χ1n) is 7.22. The highest BCUT2D eigenvalue weighted by Gasteiger charge is 2.16. The minimum Gasteiger partial charge on any atom is -0.457 e. The largest absolute Gasteiger partial charge is 0.457 e. The van der Waals surface area contributed by atoms with E-state index in [1.807, 2.05) is 30.3 Å². The maximum atomic E-state index is 12.3. The lowest BCUT2D eigenvalue weighted by Crippen LogP contribution is -2.06. The van der Waals surface area contributed by atoms with Crippen LogP contribution < -0.4 is 0 Å². The summed E-state index contributed by atoms with van der Waals surface area (Å²) in [7, 11) is 0. The maximum absolute atomic E-state index is 12.3. The average Bonchev–Trinajstić information content (AvgIpc) is 3.04. The average molecular weight is 339 g/mol. The van der Waals surface area contributed by atoms with Crippen molar-refractivity contribution in [2.45, 2.75) is 6.61 Å². The van der Waals surface area contributed by atoms with Crippen molar-refractivity contribution in [2.75, 3.05) is 0 Å². The van der Waals surface area contributed by atoms with Crippen LogP contribution in [0.2, 0.25) is 5.15 Å². The highest BCUT2D eigenvalue weighted by molar-refractivity contribution is 6.30. The van der Waals surface area contributed by atoms with E-state index in [1.54, 1.807) is 18.5 Å². The van der Waals surface area contributed by atoms with Crippen molar-refractivity contribution in [1.29, 1.82) is 0 Å². The fraction of sp³-hybridized carbons (Fsp3) is 0.0588. The first-order valence-corrected chi connectivity index (χ1v) is 7.60.